The summed E-state index contributed by atoms with van der Waals surface area (Å²) in [5, 5.41) is 6.98. The number of piperidine rings is 2. The van der Waals surface area contributed by atoms with Crippen LogP contribution in [0.3, 0.4) is 0 Å². The molecule has 4 rings (SSSR count). The molecule has 5 nitrogen and oxygen atoms in total. The van der Waals surface area contributed by atoms with Crippen LogP contribution in [0.15, 0.2) is 18.3 Å². The van der Waals surface area contributed by atoms with Crippen LogP contribution in [0.2, 0.25) is 0 Å². The van der Waals surface area contributed by atoms with Crippen LogP contribution in [0.1, 0.15) is 43.5 Å². The number of nitrogens with one attached hydrogen (secondary N) is 2. The zero-order chi connectivity index (χ0) is 14.1. The van der Waals surface area contributed by atoms with Gasteiger partial charge in [-0.05, 0) is 57.5 Å². The Balaban J connectivity index is 1.79. The molecule has 0 saturated carbocycles. The van der Waals surface area contributed by atoms with E-state index >= 15 is 0 Å². The zero-order valence-corrected chi connectivity index (χ0v) is 12.4. The molecule has 1 atom stereocenters. The molecule has 2 aliphatic rings. The maximum absolute atomic E-state index is 4.96. The summed E-state index contributed by atoms with van der Waals surface area (Å²) in [6.07, 6.45) is 6.73. The van der Waals surface area contributed by atoms with Crippen LogP contribution in [0.25, 0.3) is 11.2 Å². The minimum absolute atomic E-state index is 0.503. The SMILES string of the molecule is c1cnc2c(c1)nc(C1CCNCC1)n2C1CCCNC1. The quantitative estimate of drug-likeness (QED) is 0.884. The van der Waals surface area contributed by atoms with Crippen molar-refractivity contribution in [2.75, 3.05) is 26.2 Å². The molecule has 4 heterocycles. The molecule has 0 amide bonds. The molecule has 2 fully saturated rings. The van der Waals surface area contributed by atoms with Crippen LogP contribution in [0, 0.1) is 0 Å². The topological polar surface area (TPSA) is 54.8 Å². The molecule has 5 heteroatoms. The third-order valence-electron chi connectivity index (χ3n) is 4.82. The Morgan fingerprint density at radius 3 is 2.81 bits per heavy atom. The monoisotopic (exact) mass is 285 g/mol. The van der Waals surface area contributed by atoms with E-state index in [4.69, 9.17) is 4.98 Å². The summed E-state index contributed by atoms with van der Waals surface area (Å²) in [5.74, 6) is 1.83. The van der Waals surface area contributed by atoms with Gasteiger partial charge in [-0.15, -0.1) is 0 Å². The number of rotatable bonds is 2. The standard InChI is InChI=1S/C16H23N5/c1-3-13(11-18-7-1)21-15(12-5-9-17-10-6-12)20-14-4-2-8-19-16(14)21/h2,4,8,12-13,17-18H,1,3,5-7,9-11H2. The molecular formula is C16H23N5. The first-order valence-corrected chi connectivity index (χ1v) is 8.18. The summed E-state index contributed by atoms with van der Waals surface area (Å²) < 4.78 is 2.44. The van der Waals surface area contributed by atoms with Crippen molar-refractivity contribution in [2.24, 2.45) is 0 Å². The van der Waals surface area contributed by atoms with Gasteiger partial charge in [0.1, 0.15) is 11.3 Å². The van der Waals surface area contributed by atoms with Crippen LogP contribution in [0.4, 0.5) is 0 Å². The Labute approximate surface area is 125 Å². The maximum atomic E-state index is 4.96. The summed E-state index contributed by atoms with van der Waals surface area (Å²) in [6, 6.07) is 4.59. The zero-order valence-electron chi connectivity index (χ0n) is 12.4. The van der Waals surface area contributed by atoms with Crippen LogP contribution in [-0.2, 0) is 0 Å². The Hall–Kier alpha value is -1.46. The summed E-state index contributed by atoms with van der Waals surface area (Å²) in [6.45, 7) is 4.38. The number of nitrogens with zero attached hydrogens (tertiary/aromatic N) is 3. The van der Waals surface area contributed by atoms with E-state index in [1.807, 2.05) is 12.3 Å². The third kappa shape index (κ3) is 2.45. The molecule has 0 aliphatic carbocycles. The lowest BCUT2D eigenvalue weighted by molar-refractivity contribution is 0.350. The number of aromatic nitrogens is 3. The number of hydrogen-bond donors (Lipinski definition) is 2. The van der Waals surface area contributed by atoms with Gasteiger partial charge >= 0.3 is 0 Å². The molecule has 2 aromatic heterocycles. The molecule has 2 saturated heterocycles. The Morgan fingerprint density at radius 2 is 2.00 bits per heavy atom. The molecule has 112 valence electrons. The first-order chi connectivity index (χ1) is 10.4. The van der Waals surface area contributed by atoms with Crippen molar-refractivity contribution >= 4 is 11.2 Å². The number of hydrogen-bond acceptors (Lipinski definition) is 4. The van der Waals surface area contributed by atoms with Gasteiger partial charge in [0, 0.05) is 24.7 Å². The van der Waals surface area contributed by atoms with E-state index in [-0.39, 0.29) is 0 Å². The fourth-order valence-corrected chi connectivity index (χ4v) is 3.73. The highest BCUT2D eigenvalue weighted by molar-refractivity contribution is 5.71. The van der Waals surface area contributed by atoms with Crippen LogP contribution < -0.4 is 10.6 Å². The van der Waals surface area contributed by atoms with Gasteiger partial charge in [-0.1, -0.05) is 0 Å². The van der Waals surface area contributed by atoms with Gasteiger partial charge in [-0.3, -0.25) is 0 Å². The normalized spacial score (nSPS) is 24.5. The van der Waals surface area contributed by atoms with E-state index in [1.165, 1.54) is 31.5 Å². The second-order valence-corrected chi connectivity index (χ2v) is 6.21. The Bertz CT molecular complexity index is 608. The molecule has 0 bridgehead atoms. The average molecular weight is 285 g/mol. The summed E-state index contributed by atoms with van der Waals surface area (Å²) >= 11 is 0. The number of fused-ring (bicyclic) bond motifs is 1. The van der Waals surface area contributed by atoms with Gasteiger partial charge in [0.25, 0.3) is 0 Å². The van der Waals surface area contributed by atoms with E-state index < -0.39 is 0 Å². The summed E-state index contributed by atoms with van der Waals surface area (Å²) in [7, 11) is 0. The fourth-order valence-electron chi connectivity index (χ4n) is 3.73. The summed E-state index contributed by atoms with van der Waals surface area (Å²) in [4.78, 5) is 9.59. The van der Waals surface area contributed by atoms with Crippen molar-refractivity contribution in [1.82, 2.24) is 25.2 Å². The van der Waals surface area contributed by atoms with Crippen molar-refractivity contribution in [1.29, 1.82) is 0 Å². The van der Waals surface area contributed by atoms with Crippen molar-refractivity contribution in [3.05, 3.63) is 24.2 Å². The van der Waals surface area contributed by atoms with Crippen LogP contribution in [0.5, 0.6) is 0 Å². The van der Waals surface area contributed by atoms with Crippen molar-refractivity contribution < 1.29 is 0 Å². The Kier molecular flexibility index (Phi) is 3.61. The highest BCUT2D eigenvalue weighted by atomic mass is 15.2. The predicted molar refractivity (Wildman–Crippen MR) is 83.5 cm³/mol. The lowest BCUT2D eigenvalue weighted by Crippen LogP contribution is -2.34. The van der Waals surface area contributed by atoms with Crippen LogP contribution in [-0.4, -0.2) is 40.7 Å². The lowest BCUT2D eigenvalue weighted by Gasteiger charge is -2.29. The minimum atomic E-state index is 0.503. The van der Waals surface area contributed by atoms with Crippen LogP contribution >= 0.6 is 0 Å². The van der Waals surface area contributed by atoms with E-state index in [0.717, 1.165) is 37.3 Å². The second-order valence-electron chi connectivity index (χ2n) is 6.21. The largest absolute Gasteiger partial charge is 0.317 e. The highest BCUT2D eigenvalue weighted by Gasteiger charge is 2.27. The third-order valence-corrected chi connectivity index (χ3v) is 4.82. The molecule has 0 aromatic carbocycles. The van der Waals surface area contributed by atoms with Crippen molar-refractivity contribution in [3.63, 3.8) is 0 Å². The molecule has 2 aromatic rings. The van der Waals surface area contributed by atoms with Gasteiger partial charge in [-0.2, -0.15) is 0 Å². The Morgan fingerprint density at radius 1 is 1.10 bits per heavy atom. The van der Waals surface area contributed by atoms with E-state index in [1.54, 1.807) is 0 Å². The van der Waals surface area contributed by atoms with Crippen molar-refractivity contribution in [2.45, 2.75) is 37.6 Å². The molecular weight excluding hydrogens is 262 g/mol. The predicted octanol–water partition coefficient (Wildman–Crippen LogP) is 1.82. The van der Waals surface area contributed by atoms with Gasteiger partial charge in [0.2, 0.25) is 0 Å². The second kappa shape index (κ2) is 5.73. The maximum Gasteiger partial charge on any atom is 0.160 e. The van der Waals surface area contributed by atoms with Crippen molar-refractivity contribution in [3.8, 4) is 0 Å². The number of imidazole rings is 1. The molecule has 0 spiro atoms. The van der Waals surface area contributed by atoms with E-state index in [9.17, 15) is 0 Å². The van der Waals surface area contributed by atoms with E-state index in [0.29, 0.717) is 12.0 Å². The molecule has 2 aliphatic heterocycles. The molecule has 2 N–H and O–H groups in total. The van der Waals surface area contributed by atoms with Gasteiger partial charge < -0.3 is 15.2 Å². The lowest BCUT2D eigenvalue weighted by atomic mass is 9.96. The minimum Gasteiger partial charge on any atom is -0.317 e. The summed E-state index contributed by atoms with van der Waals surface area (Å²) in [5.41, 5.74) is 2.12. The fraction of sp³-hybridized carbons (Fsp3) is 0.625. The van der Waals surface area contributed by atoms with E-state index in [2.05, 4.69) is 26.3 Å². The number of pyridine rings is 1. The first-order valence-electron chi connectivity index (χ1n) is 8.18. The average Bonchev–Trinajstić information content (AvgIpc) is 2.96. The molecule has 21 heavy (non-hydrogen) atoms. The molecule has 0 radical (unpaired) electrons. The van der Waals surface area contributed by atoms with Gasteiger partial charge in [-0.25, -0.2) is 9.97 Å². The first kappa shape index (κ1) is 13.2. The van der Waals surface area contributed by atoms with Gasteiger partial charge in [0.15, 0.2) is 5.65 Å². The highest BCUT2D eigenvalue weighted by Crippen LogP contribution is 2.31. The molecule has 1 unspecified atom stereocenters. The smallest absolute Gasteiger partial charge is 0.160 e. The van der Waals surface area contributed by atoms with Gasteiger partial charge in [0.05, 0.1) is 0 Å².